The minimum absolute atomic E-state index is 0. The van der Waals surface area contributed by atoms with Crippen molar-refractivity contribution in [2.45, 2.75) is 0 Å². The molecule has 0 aromatic heterocycles. The van der Waals surface area contributed by atoms with Gasteiger partial charge in [-0.05, 0) is 0 Å². The largest absolute Gasteiger partial charge is 2.00 e. The Balaban J connectivity index is -0.0000000567. The van der Waals surface area contributed by atoms with Gasteiger partial charge in [-0.3, -0.25) is 32.6 Å². The molecule has 172 valence electrons. The van der Waals surface area contributed by atoms with E-state index >= 15 is 0 Å². The van der Waals surface area contributed by atoms with Crippen molar-refractivity contribution in [3.8, 4) is 0 Å². The van der Waals surface area contributed by atoms with Crippen LogP contribution in [-0.2, 0) is 27.3 Å². The van der Waals surface area contributed by atoms with Gasteiger partial charge in [-0.15, -0.1) is 20.5 Å². The smallest absolute Gasteiger partial charge is 0.275 e. The van der Waals surface area contributed by atoms with Crippen LogP contribution in [0.4, 0.5) is 14.4 Å². The first-order valence-corrected chi connectivity index (χ1v) is 7.55. The van der Waals surface area contributed by atoms with Gasteiger partial charge in [0, 0.05) is 0 Å². The fraction of sp³-hybridized carbons (Fsp3) is 0. The number of hydrogen-bond donors (Lipinski definition) is 12. The summed E-state index contributed by atoms with van der Waals surface area (Å²) in [4.78, 5) is 29.1. The second-order valence-corrected chi connectivity index (χ2v) is 4.12. The van der Waals surface area contributed by atoms with Crippen LogP contribution in [0.25, 0.3) is 0 Å². The van der Waals surface area contributed by atoms with Crippen molar-refractivity contribution >= 4 is 18.1 Å². The number of hydrazine groups is 6. The number of carbonyl (C=O) groups is 3. The summed E-state index contributed by atoms with van der Waals surface area (Å²) in [6.07, 6.45) is 0. The van der Waals surface area contributed by atoms with Crippen molar-refractivity contribution in [2.75, 3.05) is 0 Å². The molecule has 0 aromatic carbocycles. The number of amides is 6. The van der Waals surface area contributed by atoms with Crippen molar-refractivity contribution in [3.63, 3.8) is 0 Å². The third-order valence-electron chi connectivity index (χ3n) is 0.787. The van der Waals surface area contributed by atoms with Gasteiger partial charge < -0.3 is 0 Å². The molecule has 0 aliphatic rings. The normalized spacial score (nSPS) is 8.48. The van der Waals surface area contributed by atoms with E-state index < -0.39 is 38.6 Å². The zero-order valence-corrected chi connectivity index (χ0v) is 19.5. The van der Waals surface area contributed by atoms with Crippen LogP contribution in [0.3, 0.4) is 0 Å². The van der Waals surface area contributed by atoms with Gasteiger partial charge in [0.25, 0.3) is 0 Å². The van der Waals surface area contributed by atoms with Crippen LogP contribution in [0.1, 0.15) is 0 Å². The van der Waals surface area contributed by atoms with Gasteiger partial charge in [-0.25, -0.2) is 86.7 Å². The van der Waals surface area contributed by atoms with E-state index in [-0.39, 0.29) is 27.3 Å². The summed E-state index contributed by atoms with van der Waals surface area (Å²) < 4.78 is 67.9. The molecule has 0 saturated carbocycles. The summed E-state index contributed by atoms with van der Waals surface area (Å²) in [6.45, 7) is 0. The summed E-state index contributed by atoms with van der Waals surface area (Å²) >= 11 is 0. The fourth-order valence-electron chi connectivity index (χ4n) is 0.125. The van der Waals surface area contributed by atoms with E-state index in [0.717, 1.165) is 0 Å². The van der Waals surface area contributed by atoms with Crippen molar-refractivity contribution in [3.05, 3.63) is 0 Å². The van der Waals surface area contributed by atoms with Gasteiger partial charge in [-0.2, -0.15) is 0 Å². The zero-order valence-electron chi connectivity index (χ0n) is 13.9. The van der Waals surface area contributed by atoms with Crippen molar-refractivity contribution in [1.82, 2.24) is 32.6 Å². The first-order chi connectivity index (χ1) is 12.4. The summed E-state index contributed by atoms with van der Waals surface area (Å²) in [5.41, 5.74) is 10.4. The number of rotatable bonds is 0. The maximum absolute atomic E-state index is 9.71. The summed E-state index contributed by atoms with van der Waals surface area (Å²) in [7, 11) is -9.89. The summed E-state index contributed by atoms with van der Waals surface area (Å²) in [5, 5.41) is 0. The SMILES string of the molecule is NNC(=O)NN.NNC(=O)NN.NNC(=O)NN.[Cd+2].[O-][Cl+3]([O-])([O-])[O-].[O-][Cl+3]([O-])([O-])[O-]. The van der Waals surface area contributed by atoms with Crippen molar-refractivity contribution < 1.29 is 99.4 Å². The minimum atomic E-state index is -4.94. The van der Waals surface area contributed by atoms with Crippen LogP contribution >= 0.6 is 0 Å². The molecule has 26 heteroatoms. The predicted octanol–water partition coefficient (Wildman–Crippen LogP) is -15.4. The van der Waals surface area contributed by atoms with E-state index in [0.29, 0.717) is 0 Å². The third kappa shape index (κ3) is 142. The number of urea groups is 3. The van der Waals surface area contributed by atoms with E-state index in [9.17, 15) is 14.4 Å². The molecule has 23 nitrogen and oxygen atoms in total. The van der Waals surface area contributed by atoms with Crippen LogP contribution < -0.4 is 105 Å². The van der Waals surface area contributed by atoms with Gasteiger partial charge in [0.2, 0.25) is 0 Å². The molecular weight excluding hydrogens is 563 g/mol. The first kappa shape index (κ1) is 42.0. The second-order valence-electron chi connectivity index (χ2n) is 2.61. The molecule has 0 aliphatic heterocycles. The molecule has 0 aromatic rings. The monoisotopic (exact) mass is 582 g/mol. The molecule has 0 atom stereocenters. The Kier molecular flexibility index (Phi) is 38.7. The van der Waals surface area contributed by atoms with Gasteiger partial charge in [0.05, 0.1) is 0 Å². The molecule has 0 unspecified atom stereocenters. The first-order valence-electron chi connectivity index (χ1n) is 5.08. The average molecular weight is 582 g/mol. The topological polar surface area (TPSA) is 464 Å². The third-order valence-corrected chi connectivity index (χ3v) is 0.787. The number of carbonyl (C=O) groups excluding carboxylic acids is 3. The molecule has 6 amide bonds. The molecule has 0 saturated heterocycles. The standard InChI is InChI=1S/3CH6N4O.Cd.2ClHO4/c3*2-4-1(6)5-3;;2*2-1(3,4)5/h3*2-3H2,(H2,4,5,6);;2*(H,2,3,4,5)/q;;;+2;;/p-2. The Labute approximate surface area is 185 Å². The molecule has 0 bridgehead atoms. The summed E-state index contributed by atoms with van der Waals surface area (Å²) in [5.74, 6) is 27.2. The van der Waals surface area contributed by atoms with Crippen LogP contribution in [0.5, 0.6) is 0 Å². The molecule has 0 radical (unpaired) electrons. The number of hydrogen-bond acceptors (Lipinski definition) is 17. The zero-order chi connectivity index (χ0) is 24.0. The maximum Gasteiger partial charge on any atom is 2.00 e. The van der Waals surface area contributed by atoms with Crippen LogP contribution in [0.15, 0.2) is 0 Å². The molecule has 0 aliphatic carbocycles. The van der Waals surface area contributed by atoms with E-state index in [4.69, 9.17) is 37.3 Å². The molecule has 0 heterocycles. The Hall–Kier alpha value is -1.25. The Bertz CT molecular complexity index is 314. The van der Waals surface area contributed by atoms with Crippen LogP contribution in [0, 0.1) is 20.5 Å². The van der Waals surface area contributed by atoms with E-state index in [2.05, 4.69) is 35.1 Å². The van der Waals surface area contributed by atoms with Crippen LogP contribution in [0.2, 0.25) is 0 Å². The van der Waals surface area contributed by atoms with Crippen molar-refractivity contribution in [2.24, 2.45) is 35.1 Å². The van der Waals surface area contributed by atoms with E-state index in [1.807, 2.05) is 0 Å². The quantitative estimate of drug-likeness (QED) is 0.0546. The number of nitrogens with one attached hydrogen (secondary N) is 6. The molecule has 29 heavy (non-hydrogen) atoms. The van der Waals surface area contributed by atoms with E-state index in [1.165, 1.54) is 0 Å². The number of nitrogens with two attached hydrogens (primary N) is 6. The average Bonchev–Trinajstić information content (AvgIpc) is 2.57. The Morgan fingerprint density at radius 2 is 0.517 bits per heavy atom. The fourth-order valence-corrected chi connectivity index (χ4v) is 0.125. The van der Waals surface area contributed by atoms with Crippen LogP contribution in [-0.4, -0.2) is 18.1 Å². The van der Waals surface area contributed by atoms with Gasteiger partial charge in [0.1, 0.15) is 0 Å². The number of halogens is 2. The van der Waals surface area contributed by atoms with Gasteiger partial charge in [0.15, 0.2) is 0 Å². The van der Waals surface area contributed by atoms with E-state index in [1.54, 1.807) is 32.6 Å². The molecular formula is C3H18CdCl2N12O11. The molecule has 18 N–H and O–H groups in total. The summed E-state index contributed by atoms with van der Waals surface area (Å²) in [6, 6.07) is -1.81. The minimum Gasteiger partial charge on any atom is -0.275 e. The molecule has 0 rings (SSSR count). The Morgan fingerprint density at radius 1 is 0.448 bits per heavy atom. The Morgan fingerprint density at radius 3 is 0.517 bits per heavy atom. The molecule has 0 fully saturated rings. The second kappa shape index (κ2) is 26.8. The predicted molar refractivity (Wildman–Crippen MR) is 60.1 cm³/mol. The maximum atomic E-state index is 9.71. The van der Waals surface area contributed by atoms with Crippen molar-refractivity contribution in [1.29, 1.82) is 0 Å². The van der Waals surface area contributed by atoms with Gasteiger partial charge >= 0.3 is 45.4 Å². The molecule has 0 spiro atoms. The van der Waals surface area contributed by atoms with Gasteiger partial charge in [-0.1, -0.05) is 0 Å².